The second kappa shape index (κ2) is 6.97. The van der Waals surface area contributed by atoms with Crippen molar-refractivity contribution >= 4 is 14.4 Å². The molecule has 0 unspecified atom stereocenters. The Kier molecular flexibility index (Phi) is 5.50. The Morgan fingerprint density at radius 3 is 2.44 bits per heavy atom. The fourth-order valence-electron chi connectivity index (χ4n) is 2.56. The third kappa shape index (κ3) is 4.34. The van der Waals surface area contributed by atoms with Crippen LogP contribution in [-0.2, 0) is 20.5 Å². The van der Waals surface area contributed by atoms with Crippen molar-refractivity contribution in [3.05, 3.63) is 35.9 Å². The molecule has 1 amide bonds. The van der Waals surface area contributed by atoms with Crippen molar-refractivity contribution in [3.8, 4) is 0 Å². The van der Waals surface area contributed by atoms with E-state index in [1.165, 1.54) is 6.92 Å². The minimum Gasteiger partial charge on any atom is -0.444 e. The van der Waals surface area contributed by atoms with Gasteiger partial charge in [0.1, 0.15) is 13.3 Å². The molecular weight excluding hydrogens is 355 g/mol. The molecule has 5 nitrogen and oxygen atoms in total. The lowest BCUT2D eigenvalue weighted by molar-refractivity contribution is -0.343. The number of benzene rings is 1. The number of rotatable bonds is 4. The van der Waals surface area contributed by atoms with Gasteiger partial charge in [0.05, 0.1) is 6.04 Å². The van der Waals surface area contributed by atoms with Crippen molar-refractivity contribution in [2.45, 2.75) is 51.2 Å². The molecule has 2 rings (SSSR count). The van der Waals surface area contributed by atoms with E-state index in [9.17, 15) is 18.0 Å². The minimum absolute atomic E-state index is 0.0310. The minimum atomic E-state index is -4.78. The molecule has 1 aromatic rings. The summed E-state index contributed by atoms with van der Waals surface area (Å²) in [6.45, 7) is 5.58. The van der Waals surface area contributed by atoms with E-state index in [1.54, 1.807) is 43.9 Å². The molecule has 0 aromatic heterocycles. The first kappa shape index (κ1) is 19.7. The van der Waals surface area contributed by atoms with Crippen LogP contribution in [0.4, 0.5) is 18.0 Å². The van der Waals surface area contributed by atoms with Crippen molar-refractivity contribution < 1.29 is 31.9 Å². The van der Waals surface area contributed by atoms with Crippen LogP contribution in [-0.4, -0.2) is 44.0 Å². The van der Waals surface area contributed by atoms with E-state index in [0.717, 1.165) is 10.5 Å². The Bertz CT molecular complexity index is 606. The number of amides is 1. The fraction of sp³-hybridized carbons (Fsp3) is 0.562. The number of halogens is 3. The van der Waals surface area contributed by atoms with Crippen LogP contribution in [0.1, 0.15) is 12.5 Å². The van der Waals surface area contributed by atoms with Gasteiger partial charge in [-0.05, 0) is 32.1 Å². The topological polar surface area (TPSA) is 48.0 Å². The molecule has 0 bridgehead atoms. The fourth-order valence-corrected chi connectivity index (χ4v) is 3.82. The molecule has 1 aromatic carbocycles. The molecule has 1 fully saturated rings. The van der Waals surface area contributed by atoms with Crippen LogP contribution in [0.2, 0.25) is 19.6 Å². The maximum Gasteiger partial charge on any atom is 0.444 e. The third-order valence-electron chi connectivity index (χ3n) is 3.73. The van der Waals surface area contributed by atoms with Crippen molar-refractivity contribution in [3.63, 3.8) is 0 Å². The molecule has 1 saturated heterocycles. The Hall–Kier alpha value is -1.58. The molecule has 0 radical (unpaired) electrons. The van der Waals surface area contributed by atoms with Crippen LogP contribution in [0, 0.1) is 0 Å². The quantitative estimate of drug-likeness (QED) is 0.741. The zero-order valence-electron chi connectivity index (χ0n) is 14.6. The lowest BCUT2D eigenvalue weighted by Gasteiger charge is -2.39. The van der Waals surface area contributed by atoms with E-state index in [-0.39, 0.29) is 6.61 Å². The standard InChI is InChI=1S/C16H22F3NO4Si/c1-12-15(16(17,18)19,24-25(2,3)4)23-11-20(12)14(21)22-10-13-8-6-5-7-9-13/h5-9,12H,10-11H2,1-4H3/t12-,15-/m0/s1. The number of nitrogens with zero attached hydrogens (tertiary/aromatic N) is 1. The number of hydrogen-bond acceptors (Lipinski definition) is 4. The molecule has 1 aliphatic rings. The van der Waals surface area contributed by atoms with Gasteiger partial charge in [-0.25, -0.2) is 4.79 Å². The summed E-state index contributed by atoms with van der Waals surface area (Å²) in [4.78, 5) is 13.1. The van der Waals surface area contributed by atoms with Crippen LogP contribution in [0.5, 0.6) is 0 Å². The molecule has 0 saturated carbocycles. The van der Waals surface area contributed by atoms with Crippen molar-refractivity contribution in [1.29, 1.82) is 0 Å². The highest BCUT2D eigenvalue weighted by molar-refractivity contribution is 6.69. The predicted octanol–water partition coefficient (Wildman–Crippen LogP) is 4.11. The van der Waals surface area contributed by atoms with Crippen molar-refractivity contribution in [1.82, 2.24) is 4.90 Å². The van der Waals surface area contributed by atoms with Crippen LogP contribution in [0.3, 0.4) is 0 Å². The smallest absolute Gasteiger partial charge is 0.444 e. The van der Waals surface area contributed by atoms with Gasteiger partial charge in [0.15, 0.2) is 8.32 Å². The van der Waals surface area contributed by atoms with E-state index < -0.39 is 39.1 Å². The van der Waals surface area contributed by atoms with E-state index in [0.29, 0.717) is 0 Å². The van der Waals surface area contributed by atoms with Gasteiger partial charge in [0.25, 0.3) is 5.79 Å². The van der Waals surface area contributed by atoms with Crippen LogP contribution >= 0.6 is 0 Å². The second-order valence-corrected chi connectivity index (χ2v) is 11.3. The summed E-state index contributed by atoms with van der Waals surface area (Å²) in [5.41, 5.74) is 0.740. The number of hydrogen-bond donors (Lipinski definition) is 0. The summed E-state index contributed by atoms with van der Waals surface area (Å²) in [6.07, 6.45) is -5.65. The lowest BCUT2D eigenvalue weighted by atomic mass is 10.1. The zero-order chi connectivity index (χ0) is 18.9. The van der Waals surface area contributed by atoms with Gasteiger partial charge in [0.2, 0.25) is 0 Å². The highest BCUT2D eigenvalue weighted by atomic mass is 28.4. The average Bonchev–Trinajstić information content (AvgIpc) is 2.82. The first-order valence-corrected chi connectivity index (χ1v) is 11.3. The van der Waals surface area contributed by atoms with E-state index >= 15 is 0 Å². The molecule has 9 heteroatoms. The monoisotopic (exact) mass is 377 g/mol. The maximum atomic E-state index is 13.7. The van der Waals surface area contributed by atoms with Gasteiger partial charge in [-0.2, -0.15) is 13.2 Å². The highest BCUT2D eigenvalue weighted by Gasteiger charge is 2.68. The van der Waals surface area contributed by atoms with Crippen molar-refractivity contribution in [2.75, 3.05) is 6.73 Å². The van der Waals surface area contributed by atoms with Gasteiger partial charge in [-0.1, -0.05) is 30.3 Å². The Morgan fingerprint density at radius 2 is 1.92 bits per heavy atom. The van der Waals surface area contributed by atoms with E-state index in [4.69, 9.17) is 13.9 Å². The highest BCUT2D eigenvalue weighted by Crippen LogP contribution is 2.45. The number of alkyl halides is 3. The average molecular weight is 377 g/mol. The summed E-state index contributed by atoms with van der Waals surface area (Å²) in [5, 5.41) is 0. The van der Waals surface area contributed by atoms with Gasteiger partial charge < -0.3 is 13.9 Å². The first-order valence-electron chi connectivity index (χ1n) is 7.84. The van der Waals surface area contributed by atoms with Gasteiger partial charge in [-0.3, -0.25) is 4.90 Å². The molecule has 140 valence electrons. The van der Waals surface area contributed by atoms with Gasteiger partial charge in [0, 0.05) is 0 Å². The van der Waals surface area contributed by atoms with Gasteiger partial charge >= 0.3 is 12.3 Å². The molecule has 0 aliphatic carbocycles. The molecule has 1 aliphatic heterocycles. The SMILES string of the molecule is C[C@@H]1N(C(=O)OCc2ccccc2)CO[C@@]1(O[Si](C)(C)C)C(F)(F)F. The zero-order valence-corrected chi connectivity index (χ0v) is 15.6. The predicted molar refractivity (Wildman–Crippen MR) is 87.1 cm³/mol. The number of carbonyl (C=O) groups excluding carboxylic acids is 1. The second-order valence-electron chi connectivity index (χ2n) is 6.84. The van der Waals surface area contributed by atoms with Crippen LogP contribution in [0.25, 0.3) is 0 Å². The summed E-state index contributed by atoms with van der Waals surface area (Å²) in [7, 11) is -2.61. The molecule has 1 heterocycles. The Morgan fingerprint density at radius 1 is 1.32 bits per heavy atom. The van der Waals surface area contributed by atoms with E-state index in [1.807, 2.05) is 6.07 Å². The lowest BCUT2D eigenvalue weighted by Crippen LogP contribution is -2.60. The number of carbonyl (C=O) groups is 1. The van der Waals surface area contributed by atoms with Crippen LogP contribution < -0.4 is 0 Å². The van der Waals surface area contributed by atoms with E-state index in [2.05, 4.69) is 0 Å². The Labute approximate surface area is 145 Å². The third-order valence-corrected chi connectivity index (χ3v) is 4.64. The first-order chi connectivity index (χ1) is 11.5. The summed E-state index contributed by atoms with van der Waals surface area (Å²) in [6, 6.07) is 7.52. The largest absolute Gasteiger partial charge is 0.444 e. The van der Waals surface area contributed by atoms with Crippen LogP contribution in [0.15, 0.2) is 30.3 Å². The summed E-state index contributed by atoms with van der Waals surface area (Å²) < 4.78 is 56.5. The Balaban J connectivity index is 2.12. The molecule has 0 N–H and O–H groups in total. The summed E-state index contributed by atoms with van der Waals surface area (Å²) >= 11 is 0. The summed E-state index contributed by atoms with van der Waals surface area (Å²) in [5.74, 6) is -2.83. The van der Waals surface area contributed by atoms with Gasteiger partial charge in [-0.15, -0.1) is 0 Å². The normalized spacial score (nSPS) is 24.4. The molecule has 2 atom stereocenters. The van der Waals surface area contributed by atoms with Crippen molar-refractivity contribution in [2.24, 2.45) is 0 Å². The molecule has 25 heavy (non-hydrogen) atoms. The molecular formula is C16H22F3NO4Si. The number of ether oxygens (including phenoxy) is 2. The molecule has 0 spiro atoms. The maximum absolute atomic E-state index is 13.7.